The van der Waals surface area contributed by atoms with E-state index < -0.39 is 8.07 Å². The third kappa shape index (κ3) is 7.62. The molecule has 0 aliphatic rings. The van der Waals surface area contributed by atoms with Crippen molar-refractivity contribution in [3.8, 4) is 11.5 Å². The molecule has 2 N–H and O–H groups in total. The van der Waals surface area contributed by atoms with Gasteiger partial charge in [0.15, 0.2) is 0 Å². The topological polar surface area (TPSA) is 40.5 Å². The third-order valence-corrected chi connectivity index (χ3v) is 12.9. The Labute approximate surface area is 299 Å². The van der Waals surface area contributed by atoms with Gasteiger partial charge in [-0.05, 0) is 58.9 Å². The minimum atomic E-state index is -2.47. The summed E-state index contributed by atoms with van der Waals surface area (Å²) in [5.41, 5.74) is 0. The summed E-state index contributed by atoms with van der Waals surface area (Å²) in [6.07, 6.45) is 0. The Morgan fingerprint density at radius 3 is 1.08 bits per heavy atom. The summed E-state index contributed by atoms with van der Waals surface area (Å²) < 4.78 is 24.0. The predicted molar refractivity (Wildman–Crippen MR) is 192 cm³/mol. The maximum absolute atomic E-state index is 12.0. The first-order valence-corrected chi connectivity index (χ1v) is 17.3. The molecule has 0 aliphatic heterocycles. The van der Waals surface area contributed by atoms with Crippen molar-refractivity contribution in [3.63, 3.8) is 0 Å². The molecule has 8 aromatic rings. The van der Waals surface area contributed by atoms with Gasteiger partial charge in [-0.1, -0.05) is 72.8 Å². The van der Waals surface area contributed by atoms with Gasteiger partial charge in [-0.25, -0.2) is 8.78 Å². The second-order valence-corrected chi connectivity index (χ2v) is 15.0. The molecule has 48 heavy (non-hydrogen) atoms. The smallest absolute Gasteiger partial charge is 0.508 e. The summed E-state index contributed by atoms with van der Waals surface area (Å²) in [6, 6.07) is 59.5. The molecule has 0 fully saturated rings. The van der Waals surface area contributed by atoms with Crippen LogP contribution < -0.4 is 20.7 Å². The fourth-order valence-corrected chi connectivity index (χ4v) is 10.9. The molecule has 8 rings (SSSR count). The van der Waals surface area contributed by atoms with Gasteiger partial charge in [-0.15, -0.1) is 69.7 Å². The van der Waals surface area contributed by atoms with Crippen molar-refractivity contribution in [3.05, 3.63) is 194 Å². The van der Waals surface area contributed by atoms with E-state index in [4.69, 9.17) is 10.2 Å². The SMILES string of the molecule is Oc1ccc(F)cc1.Oc1ccc(F)cc1.[Zr+2].c1ccc([Si](c2ccccc2)(c2cc3ccccc3[cH-]2)c2cc3ccccc3[cH-]2)cc1. The minimum absolute atomic E-state index is 0. The largest absolute Gasteiger partial charge is 2.00 e. The van der Waals surface area contributed by atoms with Crippen molar-refractivity contribution in [1.29, 1.82) is 0 Å². The van der Waals surface area contributed by atoms with Gasteiger partial charge in [0.25, 0.3) is 0 Å². The summed E-state index contributed by atoms with van der Waals surface area (Å²) in [4.78, 5) is 0. The molecule has 0 aliphatic carbocycles. The number of benzene rings is 6. The summed E-state index contributed by atoms with van der Waals surface area (Å²) in [6.45, 7) is 0. The molecule has 0 bridgehead atoms. The van der Waals surface area contributed by atoms with Crippen LogP contribution in [0.15, 0.2) is 182 Å². The van der Waals surface area contributed by atoms with Gasteiger partial charge < -0.3 is 10.2 Å². The molecule has 8 aromatic carbocycles. The van der Waals surface area contributed by atoms with Gasteiger partial charge in [0.1, 0.15) is 31.2 Å². The van der Waals surface area contributed by atoms with Crippen LogP contribution in [0.5, 0.6) is 11.5 Å². The molecule has 0 saturated carbocycles. The summed E-state index contributed by atoms with van der Waals surface area (Å²) in [5.74, 6) is -0.483. The number of rotatable bonds is 4. The summed E-state index contributed by atoms with van der Waals surface area (Å²) in [7, 11) is -2.47. The molecular weight excluding hydrogens is 694 g/mol. The maximum Gasteiger partial charge on any atom is 2.00 e. The van der Waals surface area contributed by atoms with Gasteiger partial charge in [-0.3, -0.25) is 0 Å². The Hall–Kier alpha value is -4.90. The molecule has 0 amide bonds. The monoisotopic (exact) mass is 724 g/mol. The number of fused-ring (bicyclic) bond motifs is 2. The Kier molecular flexibility index (Phi) is 11.3. The van der Waals surface area contributed by atoms with Crippen LogP contribution in [0.1, 0.15) is 0 Å². The van der Waals surface area contributed by atoms with Gasteiger partial charge >= 0.3 is 26.2 Å². The van der Waals surface area contributed by atoms with E-state index >= 15 is 0 Å². The molecule has 234 valence electrons. The molecule has 0 spiro atoms. The van der Waals surface area contributed by atoms with Crippen molar-refractivity contribution in [1.82, 2.24) is 0 Å². The fourth-order valence-electron chi connectivity index (χ4n) is 5.99. The predicted octanol–water partition coefficient (Wildman–Crippen LogP) is 7.87. The van der Waals surface area contributed by atoms with Crippen LogP contribution in [0.3, 0.4) is 0 Å². The van der Waals surface area contributed by atoms with Gasteiger partial charge in [0, 0.05) is 0 Å². The summed E-state index contributed by atoms with van der Waals surface area (Å²) >= 11 is 0. The van der Waals surface area contributed by atoms with Gasteiger partial charge in [0.05, 0.1) is 0 Å². The molecule has 0 unspecified atom stereocenters. The normalized spacial score (nSPS) is 10.7. The zero-order valence-corrected chi connectivity index (χ0v) is 29.4. The van der Waals surface area contributed by atoms with Crippen LogP contribution in [-0.2, 0) is 26.2 Å². The van der Waals surface area contributed by atoms with Crippen molar-refractivity contribution < 1.29 is 45.2 Å². The quantitative estimate of drug-likeness (QED) is 0.143. The molecule has 0 saturated heterocycles. The Morgan fingerprint density at radius 1 is 0.417 bits per heavy atom. The molecule has 0 atom stereocenters. The number of phenolic OH excluding ortho intramolecular Hbond substituents is 2. The maximum atomic E-state index is 12.0. The Bertz CT molecular complexity index is 1910. The first kappa shape index (κ1) is 34.4. The number of hydrogen-bond donors (Lipinski definition) is 2. The van der Waals surface area contributed by atoms with Crippen LogP contribution >= 0.6 is 0 Å². The van der Waals surface area contributed by atoms with Crippen molar-refractivity contribution in [2.45, 2.75) is 0 Å². The van der Waals surface area contributed by atoms with Gasteiger partial charge in [0.2, 0.25) is 0 Å². The van der Waals surface area contributed by atoms with Crippen LogP contribution in [0.25, 0.3) is 21.5 Å². The zero-order chi connectivity index (χ0) is 32.6. The van der Waals surface area contributed by atoms with E-state index in [1.165, 1.54) is 90.8 Å². The summed E-state index contributed by atoms with van der Waals surface area (Å²) in [5, 5.41) is 28.2. The molecule has 2 nitrogen and oxygen atoms in total. The van der Waals surface area contributed by atoms with E-state index in [2.05, 4.69) is 133 Å². The van der Waals surface area contributed by atoms with E-state index in [1.807, 2.05) is 0 Å². The Balaban J connectivity index is 0.000000218. The number of phenols is 2. The fraction of sp³-hybridized carbons (Fsp3) is 0. The second kappa shape index (κ2) is 15.8. The van der Waals surface area contributed by atoms with E-state index in [0.717, 1.165) is 0 Å². The zero-order valence-electron chi connectivity index (χ0n) is 26.0. The first-order chi connectivity index (χ1) is 22.9. The molecular formula is C42H32F2O2SiZr. The standard InChI is InChI=1S/C30H22Si.2C6H5FO.Zr/c1-3-15-27(16-4-1)31(28-17-5-2-6-18-28,29-19-23-11-7-8-12-24(23)20-29)30-21-25-13-9-10-14-26(25)22-30;2*7-5-1-3-6(8)4-2-5;/h1-22H;2*1-4,8H;/q-2;;;+2. The third-order valence-electron chi connectivity index (χ3n) is 8.17. The van der Waals surface area contributed by atoms with Crippen molar-refractivity contribution in [2.24, 2.45) is 0 Å². The second-order valence-electron chi connectivity index (χ2n) is 11.2. The van der Waals surface area contributed by atoms with E-state index in [0.29, 0.717) is 0 Å². The van der Waals surface area contributed by atoms with E-state index in [9.17, 15) is 8.78 Å². The van der Waals surface area contributed by atoms with Gasteiger partial charge in [-0.2, -0.15) is 22.9 Å². The van der Waals surface area contributed by atoms with E-state index in [1.54, 1.807) is 0 Å². The average Bonchev–Trinajstić information content (AvgIpc) is 3.75. The number of halogens is 2. The minimum Gasteiger partial charge on any atom is -0.508 e. The van der Waals surface area contributed by atoms with Crippen LogP contribution in [0.2, 0.25) is 0 Å². The van der Waals surface area contributed by atoms with Crippen molar-refractivity contribution in [2.75, 3.05) is 0 Å². The van der Waals surface area contributed by atoms with Crippen LogP contribution in [0, 0.1) is 11.6 Å². The molecule has 0 radical (unpaired) electrons. The molecule has 0 heterocycles. The molecule has 6 heteroatoms. The van der Waals surface area contributed by atoms with E-state index in [-0.39, 0.29) is 49.3 Å². The number of aromatic hydroxyl groups is 2. The molecule has 0 aromatic heterocycles. The average molecular weight is 726 g/mol. The van der Waals surface area contributed by atoms with Crippen LogP contribution in [0.4, 0.5) is 8.78 Å². The first-order valence-electron chi connectivity index (χ1n) is 15.3. The van der Waals surface area contributed by atoms with Crippen molar-refractivity contribution >= 4 is 50.4 Å². The number of hydrogen-bond acceptors (Lipinski definition) is 2. The Morgan fingerprint density at radius 2 is 0.750 bits per heavy atom. The van der Waals surface area contributed by atoms with Crippen LogP contribution in [-0.4, -0.2) is 18.3 Å².